The van der Waals surface area contributed by atoms with Gasteiger partial charge < -0.3 is 9.47 Å². The highest BCUT2D eigenvalue weighted by atomic mass is 16.5. The Bertz CT molecular complexity index is 1760. The number of hydrogen-bond acceptors (Lipinski definition) is 6. The molecule has 0 atom stereocenters. The highest BCUT2D eigenvalue weighted by molar-refractivity contribution is 5.81. The van der Waals surface area contributed by atoms with Gasteiger partial charge in [-0.05, 0) is 46.9 Å². The topological polar surface area (TPSA) is 70.0 Å². The number of benzene rings is 3. The van der Waals surface area contributed by atoms with Gasteiger partial charge in [-0.15, -0.1) is 0 Å². The summed E-state index contributed by atoms with van der Waals surface area (Å²) in [5.74, 6) is 2.97. The lowest BCUT2D eigenvalue weighted by Gasteiger charge is -2.19. The third kappa shape index (κ3) is 12.2. The molecule has 5 rings (SSSR count). The quantitative estimate of drug-likeness (QED) is 0.0737. The second-order valence-corrected chi connectivity index (χ2v) is 17.3. The Morgan fingerprint density at radius 3 is 1.05 bits per heavy atom. The first-order valence-electron chi connectivity index (χ1n) is 21.3. The van der Waals surface area contributed by atoms with E-state index in [9.17, 15) is 0 Å². The van der Waals surface area contributed by atoms with Gasteiger partial charge in [0.25, 0.3) is 0 Å². The van der Waals surface area contributed by atoms with E-state index in [1.165, 1.54) is 62.5 Å². The Hall–Kier alpha value is -4.58. The fourth-order valence-corrected chi connectivity index (χ4v) is 6.85. The molecule has 0 saturated heterocycles. The van der Waals surface area contributed by atoms with E-state index in [1.54, 1.807) is 0 Å². The van der Waals surface area contributed by atoms with Gasteiger partial charge in [-0.3, -0.25) is 0 Å². The first-order chi connectivity index (χ1) is 27.0. The second-order valence-electron chi connectivity index (χ2n) is 17.3. The molecule has 6 nitrogen and oxygen atoms in total. The lowest BCUT2D eigenvalue weighted by atomic mass is 9.86. The predicted octanol–water partition coefficient (Wildman–Crippen LogP) is 14.0. The molecule has 2 aromatic heterocycles. The van der Waals surface area contributed by atoms with Gasteiger partial charge in [-0.25, -0.2) is 19.9 Å². The molecule has 298 valence electrons. The molecule has 2 heterocycles. The summed E-state index contributed by atoms with van der Waals surface area (Å²) < 4.78 is 13.3. The Morgan fingerprint density at radius 1 is 0.411 bits per heavy atom. The number of hydrogen-bond donors (Lipinski definition) is 0. The molecule has 0 spiro atoms. The molecule has 0 fully saturated rings. The Kier molecular flexibility index (Phi) is 15.6. The largest absolute Gasteiger partial charge is 0.493 e. The van der Waals surface area contributed by atoms with Crippen molar-refractivity contribution in [3.05, 3.63) is 96.6 Å². The summed E-state index contributed by atoms with van der Waals surface area (Å²) in [5, 5.41) is 0. The van der Waals surface area contributed by atoms with Crippen molar-refractivity contribution in [3.63, 3.8) is 0 Å². The van der Waals surface area contributed by atoms with Gasteiger partial charge in [0.15, 0.2) is 11.6 Å². The molecule has 56 heavy (non-hydrogen) atoms. The van der Waals surface area contributed by atoms with Crippen molar-refractivity contribution >= 4 is 0 Å². The number of ether oxygens (including phenoxy) is 2. The van der Waals surface area contributed by atoms with Crippen LogP contribution in [0.1, 0.15) is 144 Å². The van der Waals surface area contributed by atoms with E-state index in [4.69, 9.17) is 29.4 Å². The van der Waals surface area contributed by atoms with Gasteiger partial charge in [0.05, 0.1) is 13.2 Å². The zero-order chi connectivity index (χ0) is 40.0. The fraction of sp³-hybridized carbons (Fsp3) is 0.480. The van der Waals surface area contributed by atoms with Crippen LogP contribution in [0.4, 0.5) is 0 Å². The molecular formula is C50H66N4O2. The molecular weight excluding hydrogens is 689 g/mol. The van der Waals surface area contributed by atoms with Crippen LogP contribution in [-0.4, -0.2) is 33.1 Å². The molecule has 0 bridgehead atoms. The van der Waals surface area contributed by atoms with Crippen LogP contribution in [0.25, 0.3) is 45.0 Å². The lowest BCUT2D eigenvalue weighted by molar-refractivity contribution is 0.298. The van der Waals surface area contributed by atoms with E-state index in [2.05, 4.69) is 116 Å². The molecule has 0 saturated carbocycles. The van der Waals surface area contributed by atoms with Crippen molar-refractivity contribution < 1.29 is 9.47 Å². The van der Waals surface area contributed by atoms with Crippen molar-refractivity contribution in [1.82, 2.24) is 19.9 Å². The lowest BCUT2D eigenvalue weighted by Crippen LogP contribution is -2.10. The summed E-state index contributed by atoms with van der Waals surface area (Å²) in [5.41, 5.74) is 8.35. The summed E-state index contributed by atoms with van der Waals surface area (Å²) in [6, 6.07) is 21.4. The van der Waals surface area contributed by atoms with Crippen molar-refractivity contribution in [2.75, 3.05) is 13.2 Å². The van der Waals surface area contributed by atoms with Crippen LogP contribution in [0, 0.1) is 0 Å². The second kappa shape index (κ2) is 20.5. The number of unbranched alkanes of at least 4 members (excludes halogenated alkanes) is 10. The Balaban J connectivity index is 1.47. The SMILES string of the molecule is CCCCCCCCOc1cc(-c2cnc(-c3ccc(C(C)(C)C)cc3)nc2)c(OCCCCCCCC)cc1-c1cnc(-c2ccc(C(C)(C)C)cc2)nc1. The van der Waals surface area contributed by atoms with E-state index < -0.39 is 0 Å². The van der Waals surface area contributed by atoms with Gasteiger partial charge >= 0.3 is 0 Å². The third-order valence-corrected chi connectivity index (χ3v) is 10.5. The highest BCUT2D eigenvalue weighted by Gasteiger charge is 2.19. The summed E-state index contributed by atoms with van der Waals surface area (Å²) in [4.78, 5) is 19.4. The predicted molar refractivity (Wildman–Crippen MR) is 235 cm³/mol. The van der Waals surface area contributed by atoms with E-state index >= 15 is 0 Å². The van der Waals surface area contributed by atoms with E-state index in [-0.39, 0.29) is 10.8 Å². The van der Waals surface area contributed by atoms with E-state index in [0.29, 0.717) is 24.9 Å². The van der Waals surface area contributed by atoms with E-state index in [1.807, 2.05) is 24.8 Å². The van der Waals surface area contributed by atoms with Crippen LogP contribution < -0.4 is 9.47 Å². The number of aromatic nitrogens is 4. The smallest absolute Gasteiger partial charge is 0.159 e. The maximum absolute atomic E-state index is 6.64. The minimum absolute atomic E-state index is 0.0860. The molecule has 6 heteroatoms. The monoisotopic (exact) mass is 755 g/mol. The third-order valence-electron chi connectivity index (χ3n) is 10.5. The normalized spacial score (nSPS) is 11.9. The molecule has 0 aliphatic carbocycles. The van der Waals surface area contributed by atoms with Crippen LogP contribution >= 0.6 is 0 Å². The zero-order valence-corrected chi connectivity index (χ0v) is 35.6. The molecule has 0 aliphatic heterocycles. The van der Waals surface area contributed by atoms with Crippen molar-refractivity contribution in [2.24, 2.45) is 0 Å². The summed E-state index contributed by atoms with van der Waals surface area (Å²) in [7, 11) is 0. The molecule has 0 unspecified atom stereocenters. The fourth-order valence-electron chi connectivity index (χ4n) is 6.85. The highest BCUT2D eigenvalue weighted by Crippen LogP contribution is 2.41. The van der Waals surface area contributed by atoms with Crippen LogP contribution in [0.2, 0.25) is 0 Å². The average molecular weight is 755 g/mol. The van der Waals surface area contributed by atoms with Crippen LogP contribution in [-0.2, 0) is 10.8 Å². The van der Waals surface area contributed by atoms with Crippen LogP contribution in [0.5, 0.6) is 11.5 Å². The van der Waals surface area contributed by atoms with Crippen LogP contribution in [0.15, 0.2) is 85.5 Å². The van der Waals surface area contributed by atoms with Crippen molar-refractivity contribution in [3.8, 4) is 56.5 Å². The molecule has 5 aromatic rings. The summed E-state index contributed by atoms with van der Waals surface area (Å²) in [6.07, 6.45) is 22.0. The molecule has 0 aliphatic rings. The van der Waals surface area contributed by atoms with Gasteiger partial charge in [-0.2, -0.15) is 0 Å². The molecule has 0 amide bonds. The van der Waals surface area contributed by atoms with E-state index in [0.717, 1.165) is 70.6 Å². The zero-order valence-electron chi connectivity index (χ0n) is 35.6. The Labute approximate surface area is 338 Å². The molecule has 3 aromatic carbocycles. The van der Waals surface area contributed by atoms with Crippen molar-refractivity contribution in [1.29, 1.82) is 0 Å². The van der Waals surface area contributed by atoms with Gasteiger partial charge in [0, 0.05) is 58.2 Å². The van der Waals surface area contributed by atoms with Gasteiger partial charge in [-0.1, -0.05) is 168 Å². The van der Waals surface area contributed by atoms with Crippen LogP contribution in [0.3, 0.4) is 0 Å². The first-order valence-corrected chi connectivity index (χ1v) is 21.3. The maximum Gasteiger partial charge on any atom is 0.159 e. The average Bonchev–Trinajstić information content (AvgIpc) is 3.20. The maximum atomic E-state index is 6.64. The van der Waals surface area contributed by atoms with Crippen molar-refractivity contribution in [2.45, 2.75) is 143 Å². The molecule has 0 N–H and O–H groups in total. The first kappa shape index (κ1) is 42.6. The van der Waals surface area contributed by atoms with Gasteiger partial charge in [0.2, 0.25) is 0 Å². The minimum atomic E-state index is 0.0860. The standard InChI is InChI=1S/C50H66N4O2/c1-9-11-13-15-17-19-29-55-45-31-44(40-35-53-48(54-36-40)38-23-27-42(28-24-38)50(6,7)8)46(56-30-20-18-16-14-12-10-2)32-43(45)39-33-51-47(52-34-39)37-21-25-41(26-22-37)49(3,4)5/h21-28,31-36H,9-20,29-30H2,1-8H3. The molecule has 0 radical (unpaired) electrons. The number of nitrogens with zero attached hydrogens (tertiary/aromatic N) is 4. The minimum Gasteiger partial charge on any atom is -0.493 e. The summed E-state index contributed by atoms with van der Waals surface area (Å²) in [6.45, 7) is 19.1. The number of rotatable bonds is 20. The summed E-state index contributed by atoms with van der Waals surface area (Å²) >= 11 is 0. The van der Waals surface area contributed by atoms with Gasteiger partial charge in [0.1, 0.15) is 11.5 Å². The Morgan fingerprint density at radius 2 is 0.732 bits per heavy atom.